The highest BCUT2D eigenvalue weighted by Gasteiger charge is 2.23. The molecule has 2 amide bonds. The summed E-state index contributed by atoms with van der Waals surface area (Å²) in [6.07, 6.45) is 6.26. The van der Waals surface area contributed by atoms with E-state index in [9.17, 15) is 14.4 Å². The first-order chi connectivity index (χ1) is 12.9. The van der Waals surface area contributed by atoms with E-state index < -0.39 is 18.1 Å². The first kappa shape index (κ1) is 25.3. The Hall–Kier alpha value is -1.71. The molecule has 0 aliphatic rings. The van der Waals surface area contributed by atoms with E-state index in [0.29, 0.717) is 45.3 Å². The number of hydrogen-bond acceptors (Lipinski definition) is 6. The molecule has 0 aromatic rings. The number of carbonyl (C=O) groups excluding carboxylic acids is 2. The SMILES string of the molecule is NCCCCC(N)C(=O)NC(CCCCN)C(=O)NCCCCCC(=O)O. The van der Waals surface area contributed by atoms with Crippen molar-refractivity contribution in [1.29, 1.82) is 0 Å². The van der Waals surface area contributed by atoms with E-state index in [1.807, 2.05) is 0 Å². The number of unbranched alkanes of at least 4 members (excludes halogenated alkanes) is 4. The molecule has 0 heterocycles. The zero-order valence-corrected chi connectivity index (χ0v) is 16.3. The molecule has 0 rings (SSSR count). The largest absolute Gasteiger partial charge is 0.481 e. The third-order valence-corrected chi connectivity index (χ3v) is 4.25. The number of carbonyl (C=O) groups is 3. The zero-order chi connectivity index (χ0) is 20.5. The predicted octanol–water partition coefficient (Wildman–Crippen LogP) is -0.182. The summed E-state index contributed by atoms with van der Waals surface area (Å²) in [5, 5.41) is 14.1. The molecule has 0 aliphatic heterocycles. The lowest BCUT2D eigenvalue weighted by Gasteiger charge is -2.21. The van der Waals surface area contributed by atoms with Crippen molar-refractivity contribution in [2.45, 2.75) is 76.3 Å². The molecule has 0 saturated carbocycles. The summed E-state index contributed by atoms with van der Waals surface area (Å²) in [7, 11) is 0. The Morgan fingerprint density at radius 3 is 2.04 bits per heavy atom. The molecule has 0 aromatic carbocycles. The van der Waals surface area contributed by atoms with Crippen LogP contribution in [0, 0.1) is 0 Å². The van der Waals surface area contributed by atoms with Crippen molar-refractivity contribution in [3.8, 4) is 0 Å². The fourth-order valence-electron chi connectivity index (χ4n) is 2.59. The van der Waals surface area contributed by atoms with Gasteiger partial charge in [0.15, 0.2) is 0 Å². The van der Waals surface area contributed by atoms with Gasteiger partial charge in [-0.25, -0.2) is 0 Å². The van der Waals surface area contributed by atoms with E-state index in [0.717, 1.165) is 32.1 Å². The van der Waals surface area contributed by atoms with E-state index in [4.69, 9.17) is 22.3 Å². The van der Waals surface area contributed by atoms with Crippen molar-refractivity contribution in [3.63, 3.8) is 0 Å². The third-order valence-electron chi connectivity index (χ3n) is 4.25. The Labute approximate surface area is 161 Å². The number of nitrogens with two attached hydrogens (primary N) is 3. The molecule has 158 valence electrons. The lowest BCUT2D eigenvalue weighted by Crippen LogP contribution is -2.51. The molecular weight excluding hydrogens is 350 g/mol. The van der Waals surface area contributed by atoms with Gasteiger partial charge in [0, 0.05) is 13.0 Å². The Bertz CT molecular complexity index is 434. The summed E-state index contributed by atoms with van der Waals surface area (Å²) in [4.78, 5) is 35.1. The number of carboxylic acids is 1. The van der Waals surface area contributed by atoms with E-state index in [1.165, 1.54) is 0 Å². The van der Waals surface area contributed by atoms with Gasteiger partial charge in [-0.2, -0.15) is 0 Å². The molecule has 2 unspecified atom stereocenters. The average molecular weight is 388 g/mol. The monoisotopic (exact) mass is 387 g/mol. The van der Waals surface area contributed by atoms with Gasteiger partial charge in [-0.1, -0.05) is 12.8 Å². The first-order valence-electron chi connectivity index (χ1n) is 9.88. The summed E-state index contributed by atoms with van der Waals surface area (Å²) in [5.41, 5.74) is 16.8. The Morgan fingerprint density at radius 1 is 0.815 bits per heavy atom. The van der Waals surface area contributed by atoms with Crippen molar-refractivity contribution < 1.29 is 19.5 Å². The van der Waals surface area contributed by atoms with Crippen LogP contribution in [0.5, 0.6) is 0 Å². The number of aliphatic carboxylic acids is 1. The van der Waals surface area contributed by atoms with Crippen LogP contribution in [0.4, 0.5) is 0 Å². The second-order valence-electron chi connectivity index (χ2n) is 6.73. The van der Waals surface area contributed by atoms with Gasteiger partial charge in [0.1, 0.15) is 6.04 Å². The van der Waals surface area contributed by atoms with Crippen molar-refractivity contribution in [2.75, 3.05) is 19.6 Å². The molecule has 0 bridgehead atoms. The minimum absolute atomic E-state index is 0.133. The summed E-state index contributed by atoms with van der Waals surface area (Å²) in [6, 6.07) is -1.29. The van der Waals surface area contributed by atoms with Gasteiger partial charge in [-0.15, -0.1) is 0 Å². The lowest BCUT2D eigenvalue weighted by molar-refractivity contribution is -0.137. The zero-order valence-electron chi connectivity index (χ0n) is 16.3. The lowest BCUT2D eigenvalue weighted by atomic mass is 10.1. The molecule has 0 aliphatic carbocycles. The fraction of sp³-hybridized carbons (Fsp3) is 0.833. The molecule has 0 radical (unpaired) electrons. The van der Waals surface area contributed by atoms with Crippen molar-refractivity contribution >= 4 is 17.8 Å². The van der Waals surface area contributed by atoms with E-state index in [2.05, 4.69) is 10.6 Å². The van der Waals surface area contributed by atoms with Crippen molar-refractivity contribution in [3.05, 3.63) is 0 Å². The van der Waals surface area contributed by atoms with Crippen molar-refractivity contribution in [1.82, 2.24) is 10.6 Å². The molecule has 2 atom stereocenters. The number of carboxylic acid groups (broad SMARTS) is 1. The Kier molecular flexibility index (Phi) is 15.4. The van der Waals surface area contributed by atoms with Crippen LogP contribution in [0.1, 0.15) is 64.2 Å². The van der Waals surface area contributed by atoms with Gasteiger partial charge in [0.2, 0.25) is 11.8 Å². The predicted molar refractivity (Wildman–Crippen MR) is 105 cm³/mol. The highest BCUT2D eigenvalue weighted by Crippen LogP contribution is 2.04. The molecule has 0 spiro atoms. The molecule has 0 fully saturated rings. The van der Waals surface area contributed by atoms with E-state index in [1.54, 1.807) is 0 Å². The summed E-state index contributed by atoms with van der Waals surface area (Å²) in [5.74, 6) is -1.39. The smallest absolute Gasteiger partial charge is 0.303 e. The molecule has 0 aromatic heterocycles. The van der Waals surface area contributed by atoms with Crippen LogP contribution in [-0.2, 0) is 14.4 Å². The van der Waals surface area contributed by atoms with Gasteiger partial charge in [-0.05, 0) is 58.0 Å². The number of rotatable bonds is 17. The van der Waals surface area contributed by atoms with Crippen LogP contribution in [0.3, 0.4) is 0 Å². The highest BCUT2D eigenvalue weighted by molar-refractivity contribution is 5.89. The van der Waals surface area contributed by atoms with Crippen LogP contribution in [0.25, 0.3) is 0 Å². The Morgan fingerprint density at radius 2 is 1.44 bits per heavy atom. The van der Waals surface area contributed by atoms with E-state index in [-0.39, 0.29) is 18.2 Å². The fourth-order valence-corrected chi connectivity index (χ4v) is 2.59. The average Bonchev–Trinajstić information content (AvgIpc) is 2.63. The highest BCUT2D eigenvalue weighted by atomic mass is 16.4. The summed E-state index contributed by atoms with van der Waals surface area (Å²) >= 11 is 0. The molecule has 9 nitrogen and oxygen atoms in total. The van der Waals surface area contributed by atoms with Crippen molar-refractivity contribution in [2.24, 2.45) is 17.2 Å². The maximum atomic E-state index is 12.4. The molecule has 9 N–H and O–H groups in total. The topological polar surface area (TPSA) is 174 Å². The Balaban J connectivity index is 4.35. The second kappa shape index (κ2) is 16.5. The molecule has 27 heavy (non-hydrogen) atoms. The normalized spacial score (nSPS) is 13.0. The number of hydrogen-bond donors (Lipinski definition) is 6. The third kappa shape index (κ3) is 14.1. The molecule has 0 saturated heterocycles. The number of nitrogens with one attached hydrogen (secondary N) is 2. The van der Waals surface area contributed by atoms with Crippen LogP contribution >= 0.6 is 0 Å². The first-order valence-corrected chi connectivity index (χ1v) is 9.88. The quantitative estimate of drug-likeness (QED) is 0.188. The van der Waals surface area contributed by atoms with Crippen LogP contribution in [0.15, 0.2) is 0 Å². The van der Waals surface area contributed by atoms with Crippen LogP contribution in [0.2, 0.25) is 0 Å². The molecular formula is C18H37N5O4. The van der Waals surface area contributed by atoms with Gasteiger partial charge in [0.05, 0.1) is 6.04 Å². The number of amides is 2. The molecule has 9 heteroatoms. The summed E-state index contributed by atoms with van der Waals surface area (Å²) < 4.78 is 0. The second-order valence-corrected chi connectivity index (χ2v) is 6.73. The minimum Gasteiger partial charge on any atom is -0.481 e. The standard InChI is InChI=1S/C18H37N5O4/c19-11-5-3-8-14(21)17(26)23-15(9-4-6-12-20)18(27)22-13-7-1-2-10-16(24)25/h14-15H,1-13,19-21H2,(H,22,27)(H,23,26)(H,24,25). The van der Waals surface area contributed by atoms with Gasteiger partial charge < -0.3 is 32.9 Å². The maximum absolute atomic E-state index is 12.4. The van der Waals surface area contributed by atoms with Gasteiger partial charge in [0.25, 0.3) is 0 Å². The van der Waals surface area contributed by atoms with E-state index >= 15 is 0 Å². The van der Waals surface area contributed by atoms with Crippen LogP contribution in [-0.4, -0.2) is 54.6 Å². The minimum atomic E-state index is -0.815. The maximum Gasteiger partial charge on any atom is 0.303 e. The van der Waals surface area contributed by atoms with Gasteiger partial charge in [-0.3, -0.25) is 14.4 Å². The van der Waals surface area contributed by atoms with Crippen LogP contribution < -0.4 is 27.8 Å². The summed E-state index contributed by atoms with van der Waals surface area (Å²) in [6.45, 7) is 1.54. The van der Waals surface area contributed by atoms with Gasteiger partial charge >= 0.3 is 5.97 Å².